The number of rotatable bonds is 8. The van der Waals surface area contributed by atoms with E-state index in [1.165, 1.54) is 12.4 Å². The van der Waals surface area contributed by atoms with Crippen LogP contribution in [0.1, 0.15) is 49.9 Å². The number of aromatic nitrogens is 2. The van der Waals surface area contributed by atoms with Crippen molar-refractivity contribution in [3.63, 3.8) is 0 Å². The minimum atomic E-state index is -0.991. The van der Waals surface area contributed by atoms with E-state index < -0.39 is 5.97 Å². The second-order valence-corrected chi connectivity index (χ2v) is 4.27. The molecular formula is C13H21N3O2. The van der Waals surface area contributed by atoms with Gasteiger partial charge in [-0.05, 0) is 12.8 Å². The van der Waals surface area contributed by atoms with Crippen LogP contribution in [0.2, 0.25) is 0 Å². The fourth-order valence-corrected chi connectivity index (χ4v) is 1.60. The molecule has 0 amide bonds. The summed E-state index contributed by atoms with van der Waals surface area (Å²) in [5.74, 6) is -0.364. The average Bonchev–Trinajstić information content (AvgIpc) is 2.39. The molecule has 0 saturated heterocycles. The summed E-state index contributed by atoms with van der Waals surface area (Å²) in [6, 6.07) is 0. The summed E-state index contributed by atoms with van der Waals surface area (Å²) in [5.41, 5.74) is 0.129. The fraction of sp³-hybridized carbons (Fsp3) is 0.615. The van der Waals surface area contributed by atoms with Gasteiger partial charge in [-0.3, -0.25) is 0 Å². The summed E-state index contributed by atoms with van der Waals surface area (Å²) < 4.78 is 0. The molecule has 18 heavy (non-hydrogen) atoms. The highest BCUT2D eigenvalue weighted by molar-refractivity contribution is 5.86. The Morgan fingerprint density at radius 2 is 1.67 bits per heavy atom. The van der Waals surface area contributed by atoms with Crippen molar-refractivity contribution in [2.75, 3.05) is 18.0 Å². The summed E-state index contributed by atoms with van der Waals surface area (Å²) in [6.07, 6.45) is 7.16. The van der Waals surface area contributed by atoms with Crippen LogP contribution in [0.25, 0.3) is 0 Å². The van der Waals surface area contributed by atoms with Crippen molar-refractivity contribution in [1.82, 2.24) is 9.97 Å². The van der Waals surface area contributed by atoms with Crippen LogP contribution in [0.4, 0.5) is 5.95 Å². The molecule has 5 heteroatoms. The van der Waals surface area contributed by atoms with Gasteiger partial charge >= 0.3 is 5.97 Å². The number of carboxylic acids is 1. The van der Waals surface area contributed by atoms with Crippen molar-refractivity contribution in [3.8, 4) is 0 Å². The molecule has 0 saturated carbocycles. The van der Waals surface area contributed by atoms with E-state index >= 15 is 0 Å². The lowest BCUT2D eigenvalue weighted by molar-refractivity contribution is 0.0696. The van der Waals surface area contributed by atoms with Gasteiger partial charge in [0.25, 0.3) is 0 Å². The van der Waals surface area contributed by atoms with E-state index in [0.29, 0.717) is 5.95 Å². The number of carboxylic acid groups (broad SMARTS) is 1. The lowest BCUT2D eigenvalue weighted by Crippen LogP contribution is -2.27. The Balaban J connectivity index is 2.73. The Morgan fingerprint density at radius 3 is 2.06 bits per heavy atom. The molecule has 0 radical (unpaired) electrons. The molecule has 5 nitrogen and oxygen atoms in total. The van der Waals surface area contributed by atoms with Gasteiger partial charge in [0.05, 0.1) is 5.56 Å². The molecule has 1 heterocycles. The topological polar surface area (TPSA) is 66.3 Å². The molecule has 1 rings (SSSR count). The van der Waals surface area contributed by atoms with E-state index in [1.807, 2.05) is 0 Å². The summed E-state index contributed by atoms with van der Waals surface area (Å²) in [4.78, 5) is 21.1. The van der Waals surface area contributed by atoms with Crippen LogP contribution in [0.5, 0.6) is 0 Å². The zero-order chi connectivity index (χ0) is 13.4. The molecule has 1 N–H and O–H groups in total. The number of hydrogen-bond acceptors (Lipinski definition) is 4. The molecule has 0 bridgehead atoms. The van der Waals surface area contributed by atoms with Crippen LogP contribution in [-0.2, 0) is 0 Å². The molecule has 0 spiro atoms. The molecule has 0 aliphatic carbocycles. The highest BCUT2D eigenvalue weighted by Crippen LogP contribution is 2.10. The van der Waals surface area contributed by atoms with Gasteiger partial charge in [-0.2, -0.15) is 0 Å². The predicted octanol–water partition coefficient (Wildman–Crippen LogP) is 2.58. The Hall–Kier alpha value is -1.65. The lowest BCUT2D eigenvalue weighted by Gasteiger charge is -2.22. The first kappa shape index (κ1) is 14.4. The van der Waals surface area contributed by atoms with Crippen molar-refractivity contribution >= 4 is 11.9 Å². The minimum absolute atomic E-state index is 0.129. The first-order chi connectivity index (χ1) is 8.69. The van der Waals surface area contributed by atoms with Crippen molar-refractivity contribution < 1.29 is 9.90 Å². The smallest absolute Gasteiger partial charge is 0.338 e. The van der Waals surface area contributed by atoms with Crippen LogP contribution >= 0.6 is 0 Å². The summed E-state index contributed by atoms with van der Waals surface area (Å²) in [7, 11) is 0. The van der Waals surface area contributed by atoms with E-state index in [1.54, 1.807) is 0 Å². The Bertz CT molecular complexity index is 357. The lowest BCUT2D eigenvalue weighted by atomic mass is 10.3. The first-order valence-electron chi connectivity index (χ1n) is 6.49. The quantitative estimate of drug-likeness (QED) is 0.769. The predicted molar refractivity (Wildman–Crippen MR) is 71.0 cm³/mol. The highest BCUT2D eigenvalue weighted by atomic mass is 16.4. The van der Waals surface area contributed by atoms with Gasteiger partial charge in [0.1, 0.15) is 0 Å². The first-order valence-corrected chi connectivity index (χ1v) is 6.49. The van der Waals surface area contributed by atoms with Gasteiger partial charge < -0.3 is 10.0 Å². The maximum Gasteiger partial charge on any atom is 0.338 e. The van der Waals surface area contributed by atoms with Gasteiger partial charge in [0.2, 0.25) is 5.95 Å². The van der Waals surface area contributed by atoms with Gasteiger partial charge in [-0.15, -0.1) is 0 Å². The van der Waals surface area contributed by atoms with Crippen LogP contribution in [0.15, 0.2) is 12.4 Å². The summed E-state index contributed by atoms with van der Waals surface area (Å²) >= 11 is 0. The monoisotopic (exact) mass is 251 g/mol. The fourth-order valence-electron chi connectivity index (χ4n) is 1.60. The van der Waals surface area contributed by atoms with Gasteiger partial charge in [0.15, 0.2) is 0 Å². The minimum Gasteiger partial charge on any atom is -0.478 e. The largest absolute Gasteiger partial charge is 0.478 e. The zero-order valence-corrected chi connectivity index (χ0v) is 11.1. The Labute approximate surface area is 108 Å². The molecule has 0 unspecified atom stereocenters. The second-order valence-electron chi connectivity index (χ2n) is 4.27. The molecule has 100 valence electrons. The van der Waals surface area contributed by atoms with Crippen molar-refractivity contribution in [3.05, 3.63) is 18.0 Å². The maximum absolute atomic E-state index is 10.7. The van der Waals surface area contributed by atoms with Crippen LogP contribution < -0.4 is 4.90 Å². The number of nitrogens with zero attached hydrogens (tertiary/aromatic N) is 3. The summed E-state index contributed by atoms with van der Waals surface area (Å²) in [5, 5.41) is 8.80. The molecule has 0 atom stereocenters. The van der Waals surface area contributed by atoms with Crippen LogP contribution in [0.3, 0.4) is 0 Å². The van der Waals surface area contributed by atoms with Gasteiger partial charge in [-0.1, -0.05) is 26.7 Å². The van der Waals surface area contributed by atoms with E-state index in [2.05, 4.69) is 28.7 Å². The highest BCUT2D eigenvalue weighted by Gasteiger charge is 2.10. The number of hydrogen-bond donors (Lipinski definition) is 1. The van der Waals surface area contributed by atoms with Crippen molar-refractivity contribution in [1.29, 1.82) is 0 Å². The molecule has 0 aliphatic heterocycles. The zero-order valence-electron chi connectivity index (χ0n) is 11.1. The van der Waals surface area contributed by atoms with Crippen molar-refractivity contribution in [2.24, 2.45) is 0 Å². The summed E-state index contributed by atoms with van der Waals surface area (Å²) in [6.45, 7) is 6.13. The second kappa shape index (κ2) is 7.63. The molecule has 1 aromatic rings. The molecule has 0 aliphatic rings. The van der Waals surface area contributed by atoms with Crippen molar-refractivity contribution in [2.45, 2.75) is 39.5 Å². The molecule has 0 fully saturated rings. The van der Waals surface area contributed by atoms with E-state index in [9.17, 15) is 4.79 Å². The number of carbonyl (C=O) groups is 1. The van der Waals surface area contributed by atoms with Crippen LogP contribution in [0, 0.1) is 0 Å². The van der Waals surface area contributed by atoms with E-state index in [4.69, 9.17) is 5.11 Å². The number of anilines is 1. The third kappa shape index (κ3) is 4.31. The normalized spacial score (nSPS) is 10.3. The number of aromatic carboxylic acids is 1. The van der Waals surface area contributed by atoms with Gasteiger partial charge in [0, 0.05) is 25.5 Å². The maximum atomic E-state index is 10.7. The van der Waals surface area contributed by atoms with E-state index in [-0.39, 0.29) is 5.56 Å². The Kier molecular flexibility index (Phi) is 6.11. The molecule has 0 aromatic carbocycles. The van der Waals surface area contributed by atoms with Gasteiger partial charge in [-0.25, -0.2) is 14.8 Å². The SMILES string of the molecule is CCCCN(CCCC)c1ncc(C(=O)O)cn1. The van der Waals surface area contributed by atoms with E-state index in [0.717, 1.165) is 38.8 Å². The Morgan fingerprint density at radius 1 is 1.17 bits per heavy atom. The standard InChI is InChI=1S/C13H21N3O2/c1-3-5-7-16(8-6-4-2)13-14-9-11(10-15-13)12(17)18/h9-10H,3-8H2,1-2H3,(H,17,18). The third-order valence-electron chi connectivity index (χ3n) is 2.73. The molecule has 1 aromatic heterocycles. The molecular weight excluding hydrogens is 230 g/mol. The third-order valence-corrected chi connectivity index (χ3v) is 2.73. The average molecular weight is 251 g/mol. The number of unbranched alkanes of at least 4 members (excludes halogenated alkanes) is 2. The van der Waals surface area contributed by atoms with Crippen LogP contribution in [-0.4, -0.2) is 34.1 Å².